The lowest BCUT2D eigenvalue weighted by atomic mass is 10.1. The van der Waals surface area contributed by atoms with Gasteiger partial charge in [0.15, 0.2) is 0 Å². The summed E-state index contributed by atoms with van der Waals surface area (Å²) in [5.74, 6) is 1.20. The van der Waals surface area contributed by atoms with E-state index < -0.39 is 24.0 Å². The van der Waals surface area contributed by atoms with Crippen LogP contribution < -0.4 is 9.64 Å². The molecule has 2 heterocycles. The summed E-state index contributed by atoms with van der Waals surface area (Å²) >= 11 is 0.920. The monoisotopic (exact) mass is 479 g/mol. The van der Waals surface area contributed by atoms with Gasteiger partial charge in [0.2, 0.25) is 5.91 Å². The highest BCUT2D eigenvalue weighted by atomic mass is 32.2. The molecule has 1 fully saturated rings. The zero-order chi connectivity index (χ0) is 23.1. The average molecular weight is 479 g/mol. The van der Waals surface area contributed by atoms with Crippen molar-refractivity contribution in [3.05, 3.63) is 54.2 Å². The number of carbonyl (C=O) groups excluding carboxylic acids is 2. The highest BCUT2D eigenvalue weighted by molar-refractivity contribution is 8.15. The SMILES string of the molecule is COP(=O)(CN1C(=O)SC(Cc2ccc(OCCN(C)c3ccccn3)cc2)C1=O)OC. The topological polar surface area (TPSA) is 98.3 Å². The molecule has 1 aliphatic rings. The number of thioether (sulfide) groups is 1. The van der Waals surface area contributed by atoms with E-state index in [9.17, 15) is 14.2 Å². The van der Waals surface area contributed by atoms with Crippen LogP contribution in [0.25, 0.3) is 0 Å². The molecule has 1 saturated heterocycles. The molecule has 1 aliphatic heterocycles. The van der Waals surface area contributed by atoms with Crippen molar-refractivity contribution < 1.29 is 27.9 Å². The first-order chi connectivity index (χ1) is 15.3. The van der Waals surface area contributed by atoms with Crippen molar-refractivity contribution in [2.75, 3.05) is 45.6 Å². The quantitative estimate of drug-likeness (QED) is 0.447. The van der Waals surface area contributed by atoms with E-state index >= 15 is 0 Å². The molecule has 9 nitrogen and oxygen atoms in total. The average Bonchev–Trinajstić information content (AvgIpc) is 3.07. The second kappa shape index (κ2) is 11.0. The molecule has 0 aliphatic carbocycles. The number of imide groups is 1. The van der Waals surface area contributed by atoms with Gasteiger partial charge in [-0.3, -0.25) is 19.1 Å². The fourth-order valence-electron chi connectivity index (χ4n) is 3.05. The first-order valence-electron chi connectivity index (χ1n) is 9.91. The summed E-state index contributed by atoms with van der Waals surface area (Å²) in [5.41, 5.74) is 0.894. The summed E-state index contributed by atoms with van der Waals surface area (Å²) in [6, 6.07) is 13.2. The lowest BCUT2D eigenvalue weighted by molar-refractivity contribution is -0.126. The summed E-state index contributed by atoms with van der Waals surface area (Å²) in [4.78, 5) is 32.1. The Bertz CT molecular complexity index is 967. The Hall–Kier alpha value is -2.39. The third-order valence-electron chi connectivity index (χ3n) is 4.96. The Morgan fingerprint density at radius 3 is 2.47 bits per heavy atom. The van der Waals surface area contributed by atoms with Gasteiger partial charge in [0, 0.05) is 27.5 Å². The number of carbonyl (C=O) groups is 2. The second-order valence-corrected chi connectivity index (χ2v) is 10.5. The molecule has 0 N–H and O–H groups in total. The van der Waals surface area contributed by atoms with Crippen LogP contribution in [-0.2, 0) is 24.8 Å². The van der Waals surface area contributed by atoms with Gasteiger partial charge >= 0.3 is 7.60 Å². The summed E-state index contributed by atoms with van der Waals surface area (Å²) in [6.45, 7) is 1.17. The van der Waals surface area contributed by atoms with Crippen molar-refractivity contribution in [2.24, 2.45) is 0 Å². The number of hydrogen-bond acceptors (Lipinski definition) is 9. The van der Waals surface area contributed by atoms with Crippen molar-refractivity contribution in [1.29, 1.82) is 0 Å². The van der Waals surface area contributed by atoms with E-state index in [1.807, 2.05) is 54.4 Å². The van der Waals surface area contributed by atoms with Gasteiger partial charge < -0.3 is 18.7 Å². The van der Waals surface area contributed by atoms with Gasteiger partial charge in [-0.25, -0.2) is 4.98 Å². The summed E-state index contributed by atoms with van der Waals surface area (Å²) < 4.78 is 27.8. The molecule has 0 bridgehead atoms. The minimum atomic E-state index is -3.51. The molecule has 0 saturated carbocycles. The van der Waals surface area contributed by atoms with Gasteiger partial charge in [-0.15, -0.1) is 0 Å². The number of ether oxygens (including phenoxy) is 1. The van der Waals surface area contributed by atoms with Crippen molar-refractivity contribution in [3.63, 3.8) is 0 Å². The Morgan fingerprint density at radius 2 is 1.84 bits per heavy atom. The number of rotatable bonds is 11. The Balaban J connectivity index is 1.50. The van der Waals surface area contributed by atoms with Gasteiger partial charge in [0.1, 0.15) is 24.5 Å². The van der Waals surface area contributed by atoms with Crippen molar-refractivity contribution >= 4 is 36.3 Å². The highest BCUT2D eigenvalue weighted by Crippen LogP contribution is 2.48. The second-order valence-electron chi connectivity index (χ2n) is 7.06. The zero-order valence-electron chi connectivity index (χ0n) is 18.2. The van der Waals surface area contributed by atoms with Crippen LogP contribution in [0.1, 0.15) is 5.56 Å². The normalized spacial score (nSPS) is 16.5. The number of nitrogens with zero attached hydrogens (tertiary/aromatic N) is 3. The minimum absolute atomic E-state index is 0.374. The maximum atomic E-state index is 12.6. The summed E-state index contributed by atoms with van der Waals surface area (Å²) in [7, 11) is 0.886. The molecule has 1 aromatic heterocycles. The first kappa shape index (κ1) is 24.3. The van der Waals surface area contributed by atoms with Gasteiger partial charge in [0.25, 0.3) is 5.24 Å². The van der Waals surface area contributed by atoms with Crippen LogP contribution in [0.5, 0.6) is 5.75 Å². The van der Waals surface area contributed by atoms with E-state index in [2.05, 4.69) is 4.98 Å². The first-order valence-corrected chi connectivity index (χ1v) is 12.5. The number of hydrogen-bond donors (Lipinski definition) is 0. The Kier molecular flexibility index (Phi) is 8.31. The van der Waals surface area contributed by atoms with Crippen LogP contribution in [0, 0.1) is 0 Å². The van der Waals surface area contributed by atoms with Gasteiger partial charge in [-0.05, 0) is 36.2 Å². The maximum absolute atomic E-state index is 12.6. The number of amides is 2. The van der Waals surface area contributed by atoms with Gasteiger partial charge in [0.05, 0.1) is 11.8 Å². The van der Waals surface area contributed by atoms with Crippen molar-refractivity contribution in [2.45, 2.75) is 11.7 Å². The molecule has 2 amide bonds. The molecule has 172 valence electrons. The lowest BCUT2D eigenvalue weighted by Gasteiger charge is -2.19. The maximum Gasteiger partial charge on any atom is 0.349 e. The van der Waals surface area contributed by atoms with Crippen LogP contribution in [0.3, 0.4) is 0 Å². The predicted octanol–water partition coefficient (Wildman–Crippen LogP) is 3.65. The molecule has 1 aromatic carbocycles. The molecule has 1 atom stereocenters. The van der Waals surface area contributed by atoms with E-state index in [1.54, 1.807) is 6.20 Å². The summed E-state index contributed by atoms with van der Waals surface area (Å²) in [6.07, 6.45) is 1.74. The van der Waals surface area contributed by atoms with Gasteiger partial charge in [-0.1, -0.05) is 30.0 Å². The Morgan fingerprint density at radius 1 is 1.12 bits per heavy atom. The van der Waals surface area contributed by atoms with Crippen LogP contribution in [0.2, 0.25) is 0 Å². The predicted molar refractivity (Wildman–Crippen MR) is 123 cm³/mol. The lowest BCUT2D eigenvalue weighted by Crippen LogP contribution is -2.33. The van der Waals surface area contributed by atoms with E-state index in [0.717, 1.165) is 28.0 Å². The van der Waals surface area contributed by atoms with E-state index in [4.69, 9.17) is 13.8 Å². The van der Waals surface area contributed by atoms with Crippen molar-refractivity contribution in [3.8, 4) is 5.75 Å². The number of likely N-dealkylation sites (N-methyl/N-ethyl adjacent to an activating group) is 1. The number of pyridine rings is 1. The molecule has 11 heteroatoms. The molecule has 1 unspecified atom stereocenters. The Labute approximate surface area is 191 Å². The fourth-order valence-corrected chi connectivity index (χ4v) is 5.17. The highest BCUT2D eigenvalue weighted by Gasteiger charge is 2.43. The van der Waals surface area contributed by atoms with Gasteiger partial charge in [-0.2, -0.15) is 0 Å². The third-order valence-corrected chi connectivity index (χ3v) is 7.77. The molecular formula is C21H26N3O6PS. The fraction of sp³-hybridized carbons (Fsp3) is 0.381. The smallest absolute Gasteiger partial charge is 0.349 e. The minimum Gasteiger partial charge on any atom is -0.492 e. The standard InChI is InChI=1S/C21H26N3O6PS/c1-23(19-6-4-5-11-22-19)12-13-30-17-9-7-16(8-10-17)14-18-20(25)24(21(26)32-18)15-31(27,28-2)29-3/h4-11,18H,12-15H2,1-3H3. The van der Waals surface area contributed by atoms with Crippen molar-refractivity contribution in [1.82, 2.24) is 9.88 Å². The third kappa shape index (κ3) is 6.10. The summed E-state index contributed by atoms with van der Waals surface area (Å²) in [5, 5.41) is -1.03. The van der Waals surface area contributed by atoms with Crippen LogP contribution >= 0.6 is 19.4 Å². The van der Waals surface area contributed by atoms with E-state index in [-0.39, 0.29) is 6.29 Å². The molecular weight excluding hydrogens is 453 g/mol. The molecule has 2 aromatic rings. The van der Waals surface area contributed by atoms with E-state index in [1.165, 1.54) is 14.2 Å². The molecule has 32 heavy (non-hydrogen) atoms. The largest absolute Gasteiger partial charge is 0.492 e. The number of anilines is 1. The number of aromatic nitrogens is 1. The zero-order valence-corrected chi connectivity index (χ0v) is 19.9. The molecule has 0 spiro atoms. The molecule has 0 radical (unpaired) electrons. The molecule has 3 rings (SSSR count). The van der Waals surface area contributed by atoms with E-state index in [0.29, 0.717) is 25.3 Å². The van der Waals surface area contributed by atoms with Crippen LogP contribution in [0.4, 0.5) is 10.6 Å². The van der Waals surface area contributed by atoms with Crippen LogP contribution in [0.15, 0.2) is 48.7 Å². The van der Waals surface area contributed by atoms with Crippen LogP contribution in [-0.4, -0.2) is 67.0 Å². The number of benzene rings is 1.